The predicted octanol–water partition coefficient (Wildman–Crippen LogP) is 11.9. The van der Waals surface area contributed by atoms with Gasteiger partial charge in [-0.15, -0.1) is 0 Å². The molecule has 0 aliphatic carbocycles. The second-order valence-electron chi connectivity index (χ2n) is 8.55. The average Bonchev–Trinajstić information content (AvgIpc) is 3.72. The molecule has 0 fully saturated rings. The summed E-state index contributed by atoms with van der Waals surface area (Å²) < 4.78 is 282. The van der Waals surface area contributed by atoms with E-state index in [2.05, 4.69) is 30.6 Å². The largest absolute Gasteiger partial charge is 2.00 e. The van der Waals surface area contributed by atoms with E-state index in [-0.39, 0.29) is 234 Å². The Kier molecular flexibility index (Phi) is 67.9. The summed E-state index contributed by atoms with van der Waals surface area (Å²) >= 11 is 0. The molecule has 68 heavy (non-hydrogen) atoms. The first kappa shape index (κ1) is 113. The Labute approximate surface area is 471 Å². The third-order valence-electron chi connectivity index (χ3n) is 4.59. The molecule has 0 aliphatic heterocycles. The molecule has 4 rings (SSSR count). The van der Waals surface area contributed by atoms with Crippen LogP contribution in [0, 0.1) is 59.4 Å². The second kappa shape index (κ2) is 41.0. The van der Waals surface area contributed by atoms with Crippen molar-refractivity contribution in [3.8, 4) is 0 Å². The van der Waals surface area contributed by atoms with Crippen molar-refractivity contribution in [3.63, 3.8) is 0 Å². The molecular formula is C28H30B2Cu4F24N8Y2-4. The molecule has 0 spiro atoms. The van der Waals surface area contributed by atoms with Gasteiger partial charge < -0.3 is 79.8 Å². The molecule has 0 unspecified atom stereocenters. The Morgan fingerprint density at radius 2 is 0.515 bits per heavy atom. The monoisotopic (exact) mass is 1390 g/mol. The smallest absolute Gasteiger partial charge is 0.571 e. The number of aromatic nitrogens is 8. The Hall–Kier alpha value is -0.424. The van der Waals surface area contributed by atoms with E-state index >= 15 is 0 Å². The molecule has 0 amide bonds. The van der Waals surface area contributed by atoms with Crippen molar-refractivity contribution in [2.75, 3.05) is 0 Å². The van der Waals surface area contributed by atoms with Crippen LogP contribution in [0.5, 0.6) is 0 Å². The van der Waals surface area contributed by atoms with Crippen LogP contribution in [-0.4, -0.2) is 47.4 Å². The van der Waals surface area contributed by atoms with Crippen molar-refractivity contribution in [1.82, 2.24) is 40.8 Å². The Morgan fingerprint density at radius 1 is 0.324 bits per heavy atom. The zero-order valence-electron chi connectivity index (χ0n) is 34.6. The number of rotatable bonds is 0. The van der Waals surface area contributed by atoms with Crippen molar-refractivity contribution < 1.29 is 239 Å². The topological polar surface area (TPSA) is 111 Å². The third-order valence-corrected chi connectivity index (χ3v) is 4.59. The zero-order valence-corrected chi connectivity index (χ0v) is 44.0. The Morgan fingerprint density at radius 3 is 0.603 bits per heavy atom. The molecule has 410 valence electrons. The molecule has 0 aliphatic rings. The van der Waals surface area contributed by atoms with E-state index < -0.39 is 95.0 Å². The fourth-order valence-electron chi connectivity index (χ4n) is 2.37. The van der Waals surface area contributed by atoms with Gasteiger partial charge in [-0.05, 0) is 23.5 Å². The zero-order chi connectivity index (χ0) is 41.1. The molecule has 0 atom stereocenters. The molecule has 40 heteroatoms. The van der Waals surface area contributed by atoms with Gasteiger partial charge in [-0.3, -0.25) is 10.2 Å². The van der Waals surface area contributed by atoms with Gasteiger partial charge in [0.15, 0.2) is 11.4 Å². The van der Waals surface area contributed by atoms with Crippen molar-refractivity contribution in [2.24, 2.45) is 0 Å². The van der Waals surface area contributed by atoms with E-state index in [0.29, 0.717) is 0 Å². The van der Waals surface area contributed by atoms with Gasteiger partial charge in [0.25, 0.3) is 0 Å². The van der Waals surface area contributed by atoms with Crippen LogP contribution < -0.4 is 10.2 Å². The van der Waals surface area contributed by atoms with Gasteiger partial charge in [0.05, 0.1) is 0 Å². The fraction of sp³-hybridized carbons (Fsp3) is 0.286. The molecule has 4 heterocycles. The molecule has 0 saturated carbocycles. The van der Waals surface area contributed by atoms with Gasteiger partial charge in [0.2, 0.25) is 0 Å². The summed E-state index contributed by atoms with van der Waals surface area (Å²) in [6, 6.07) is -0.444. The molecule has 0 bridgehead atoms. The van der Waals surface area contributed by atoms with Crippen molar-refractivity contribution >= 4 is 16.8 Å². The van der Waals surface area contributed by atoms with Crippen LogP contribution in [0.25, 0.3) is 0 Å². The number of hydrogen-bond donors (Lipinski definition) is 2. The summed E-state index contributed by atoms with van der Waals surface area (Å²) in [6.07, 6.45) is -39.0. The number of nitrogens with one attached hydrogen (secondary N) is 2. The van der Waals surface area contributed by atoms with Gasteiger partial charge in [0.1, 0.15) is 22.8 Å². The number of H-pyrrole nitrogens is 2. The molecule has 2 N–H and O–H groups in total. The van der Waals surface area contributed by atoms with E-state index in [1.54, 1.807) is 0 Å². The molecule has 10 radical (unpaired) electrons. The standard InChI is InChI=1S/2C5H2F6N2.2C5HF6N2.8CH3.2B.4Cu.2Y/c4*6-4(7,8)2-1-3(13-12-2)5(9,10)11;;;;;;;;;;;;;;;;/h2*1H,(H,12,13);2*1H;8*1H3;;;;;;;;/q;;10*-1;;;2*+1;2*+2;;. The molecule has 4 aromatic rings. The van der Waals surface area contributed by atoms with Gasteiger partial charge >= 0.3 is 118 Å². The Bertz CT molecular complexity index is 1370. The minimum Gasteiger partial charge on any atom is -0.571 e. The molecule has 0 aromatic carbocycles. The first-order valence-corrected chi connectivity index (χ1v) is 11.5. The van der Waals surface area contributed by atoms with Crippen LogP contribution in [-0.2, 0) is 183 Å². The Balaban J connectivity index is -0.0000000351. The predicted molar refractivity (Wildman–Crippen MR) is 175 cm³/mol. The van der Waals surface area contributed by atoms with Crippen LogP contribution in [0.2, 0.25) is 0 Å². The number of hydrogen-bond acceptors (Lipinski definition) is 4. The van der Waals surface area contributed by atoms with Gasteiger partial charge in [-0.25, -0.2) is 0 Å². The maximum atomic E-state index is 11.8. The van der Waals surface area contributed by atoms with Crippen LogP contribution in [0.1, 0.15) is 45.6 Å². The molecule has 4 aromatic heterocycles. The normalized spacial score (nSPS) is 10.2. The van der Waals surface area contributed by atoms with Crippen molar-refractivity contribution in [2.45, 2.75) is 49.4 Å². The summed E-state index contributed by atoms with van der Waals surface area (Å²) in [4.78, 5) is 0. The maximum absolute atomic E-state index is 11.8. The number of alkyl halides is 24. The van der Waals surface area contributed by atoms with Crippen molar-refractivity contribution in [3.05, 3.63) is 129 Å². The van der Waals surface area contributed by atoms with Crippen molar-refractivity contribution in [1.29, 1.82) is 0 Å². The summed E-state index contributed by atoms with van der Waals surface area (Å²) in [7, 11) is 0. The molecule has 0 saturated heterocycles. The summed E-state index contributed by atoms with van der Waals surface area (Å²) in [5.41, 5.74) is -12.8. The van der Waals surface area contributed by atoms with Crippen LogP contribution in [0.3, 0.4) is 0 Å². The summed E-state index contributed by atoms with van der Waals surface area (Å²) in [5.74, 6) is 0. The molecule has 8 nitrogen and oxygen atoms in total. The van der Waals surface area contributed by atoms with E-state index in [1.807, 2.05) is 0 Å². The summed E-state index contributed by atoms with van der Waals surface area (Å²) in [6.45, 7) is 0. The minimum atomic E-state index is -4.89. The minimum absolute atomic E-state index is 0. The number of aromatic amines is 2. The first-order valence-electron chi connectivity index (χ1n) is 11.5. The average molecular weight is 1390 g/mol. The number of nitrogens with zero attached hydrogens (tertiary/aromatic N) is 6. The van der Waals surface area contributed by atoms with E-state index in [4.69, 9.17) is 0 Å². The third kappa shape index (κ3) is 39.1. The van der Waals surface area contributed by atoms with Gasteiger partial charge in [-0.1, -0.05) is 0 Å². The fourth-order valence-corrected chi connectivity index (χ4v) is 2.37. The van der Waals surface area contributed by atoms with Crippen LogP contribution in [0.4, 0.5) is 105 Å². The van der Waals surface area contributed by atoms with Gasteiger partial charge in [-0.2, -0.15) is 116 Å². The number of halogens is 24. The summed E-state index contributed by atoms with van der Waals surface area (Å²) in [5, 5.41) is 16.9. The van der Waals surface area contributed by atoms with E-state index in [1.165, 1.54) is 10.2 Å². The van der Waals surface area contributed by atoms with E-state index in [0.717, 1.165) is 0 Å². The van der Waals surface area contributed by atoms with Crippen LogP contribution in [0.15, 0.2) is 24.3 Å². The SMILES string of the molecule is FC(F)(F)c1cc(C(F)(F)F)[n-]n1.FC(F)(F)c1cc(C(F)(F)F)[n-]n1.FC(F)(F)c1cc(C(F)(F)F)[nH]n1.FC(F)(F)c1cc(C(F)(F)F)[nH]n1.[B].[B].[CH3-].[CH3-].[CH3-].[CH3-].[CH3-].[CH3-].[CH3-].[CH3-].[Cu+2].[Cu+2].[Cu+].[Cu+].[Y].[Y]. The van der Waals surface area contributed by atoms with E-state index in [9.17, 15) is 105 Å². The quantitative estimate of drug-likeness (QED) is 0.103. The first-order chi connectivity index (χ1) is 22.8. The second-order valence-corrected chi connectivity index (χ2v) is 8.55. The van der Waals surface area contributed by atoms with Gasteiger partial charge in [0, 0.05) is 94.4 Å². The van der Waals surface area contributed by atoms with Crippen LogP contribution >= 0.6 is 0 Å². The molecular weight excluding hydrogens is 1360 g/mol. The maximum Gasteiger partial charge on any atom is 2.00 e.